The molecular formula is C13H24N2O2S2. The van der Waals surface area contributed by atoms with Crippen LogP contribution in [-0.2, 0) is 16.6 Å². The van der Waals surface area contributed by atoms with Crippen LogP contribution in [-0.4, -0.2) is 14.5 Å². The van der Waals surface area contributed by atoms with Gasteiger partial charge in [0.1, 0.15) is 0 Å². The fourth-order valence-corrected chi connectivity index (χ4v) is 4.42. The molecule has 1 atom stereocenters. The van der Waals surface area contributed by atoms with Gasteiger partial charge >= 0.3 is 0 Å². The standard InChI is InChI=1S/C13H24N2O2S2/c1-3-5-7-11(6-4-2)15-19(16,17)13-8-12(9-14)18-10-13/h8,10-11,15H,3-7,9,14H2,1-2H3. The Bertz CT molecular complexity index is 469. The van der Waals surface area contributed by atoms with E-state index in [1.807, 2.05) is 0 Å². The van der Waals surface area contributed by atoms with Gasteiger partial charge in [-0.3, -0.25) is 0 Å². The molecule has 1 unspecified atom stereocenters. The SMILES string of the molecule is CCCCC(CCC)NS(=O)(=O)c1csc(CN)c1. The van der Waals surface area contributed by atoms with Crippen LogP contribution in [0.25, 0.3) is 0 Å². The monoisotopic (exact) mass is 304 g/mol. The van der Waals surface area contributed by atoms with Gasteiger partial charge in [-0.05, 0) is 18.9 Å². The summed E-state index contributed by atoms with van der Waals surface area (Å²) in [6, 6.07) is 1.70. The first-order chi connectivity index (χ1) is 9.03. The molecule has 0 aliphatic heterocycles. The fourth-order valence-electron chi connectivity index (χ4n) is 1.96. The number of nitrogens with one attached hydrogen (secondary N) is 1. The third-order valence-corrected chi connectivity index (χ3v) is 5.61. The minimum Gasteiger partial charge on any atom is -0.326 e. The minimum atomic E-state index is -3.40. The number of nitrogens with two attached hydrogens (primary N) is 1. The minimum absolute atomic E-state index is 0.0381. The van der Waals surface area contributed by atoms with Crippen LogP contribution in [0, 0.1) is 0 Å². The Morgan fingerprint density at radius 3 is 2.58 bits per heavy atom. The Morgan fingerprint density at radius 1 is 1.32 bits per heavy atom. The van der Waals surface area contributed by atoms with Crippen molar-refractivity contribution in [1.82, 2.24) is 4.72 Å². The fraction of sp³-hybridized carbons (Fsp3) is 0.692. The second-order valence-corrected chi connectivity index (χ2v) is 7.41. The van der Waals surface area contributed by atoms with Gasteiger partial charge in [0.05, 0.1) is 4.90 Å². The van der Waals surface area contributed by atoms with Crippen molar-refractivity contribution in [2.24, 2.45) is 5.73 Å². The summed E-state index contributed by atoms with van der Waals surface area (Å²) >= 11 is 1.39. The molecule has 0 aliphatic carbocycles. The molecule has 1 aromatic rings. The molecule has 19 heavy (non-hydrogen) atoms. The Hall–Kier alpha value is -0.430. The number of hydrogen-bond donors (Lipinski definition) is 2. The summed E-state index contributed by atoms with van der Waals surface area (Å²) in [6.45, 7) is 4.57. The van der Waals surface area contributed by atoms with Crippen LogP contribution >= 0.6 is 11.3 Å². The second-order valence-electron chi connectivity index (χ2n) is 4.70. The third-order valence-electron chi connectivity index (χ3n) is 3.01. The van der Waals surface area contributed by atoms with Gasteiger partial charge in [-0.25, -0.2) is 13.1 Å². The number of hydrogen-bond acceptors (Lipinski definition) is 4. The van der Waals surface area contributed by atoms with Crippen LogP contribution in [0.5, 0.6) is 0 Å². The lowest BCUT2D eigenvalue weighted by Crippen LogP contribution is -2.34. The van der Waals surface area contributed by atoms with Crippen molar-refractivity contribution in [2.45, 2.75) is 63.4 Å². The van der Waals surface area contributed by atoms with Crippen molar-refractivity contribution in [3.8, 4) is 0 Å². The number of unbranched alkanes of at least 4 members (excludes halogenated alkanes) is 1. The molecule has 110 valence electrons. The molecule has 1 rings (SSSR count). The van der Waals surface area contributed by atoms with E-state index in [2.05, 4.69) is 18.6 Å². The molecule has 1 heterocycles. The summed E-state index contributed by atoms with van der Waals surface area (Å²) in [6.07, 6.45) is 4.89. The van der Waals surface area contributed by atoms with Gasteiger partial charge in [-0.1, -0.05) is 33.1 Å². The highest BCUT2D eigenvalue weighted by atomic mass is 32.2. The number of thiophene rings is 1. The smallest absolute Gasteiger partial charge is 0.241 e. The second kappa shape index (κ2) is 7.99. The Morgan fingerprint density at radius 2 is 2.05 bits per heavy atom. The lowest BCUT2D eigenvalue weighted by molar-refractivity contribution is 0.483. The third kappa shape index (κ3) is 5.22. The van der Waals surface area contributed by atoms with E-state index in [1.54, 1.807) is 11.4 Å². The van der Waals surface area contributed by atoms with Crippen LogP contribution in [0.2, 0.25) is 0 Å². The van der Waals surface area contributed by atoms with Crippen LogP contribution in [0.3, 0.4) is 0 Å². The first-order valence-electron chi connectivity index (χ1n) is 6.83. The molecule has 1 aromatic heterocycles. The summed E-state index contributed by atoms with van der Waals surface area (Å²) in [4.78, 5) is 1.23. The number of rotatable bonds is 9. The van der Waals surface area contributed by atoms with E-state index in [0.717, 1.165) is 37.0 Å². The van der Waals surface area contributed by atoms with Crippen molar-refractivity contribution in [2.75, 3.05) is 0 Å². The number of sulfonamides is 1. The van der Waals surface area contributed by atoms with Gasteiger partial charge in [0.15, 0.2) is 0 Å². The highest BCUT2D eigenvalue weighted by molar-refractivity contribution is 7.89. The van der Waals surface area contributed by atoms with E-state index in [9.17, 15) is 8.42 Å². The summed E-state index contributed by atoms with van der Waals surface area (Å²) in [5.41, 5.74) is 5.52. The predicted molar refractivity (Wildman–Crippen MR) is 80.8 cm³/mol. The lowest BCUT2D eigenvalue weighted by Gasteiger charge is -2.17. The Kier molecular flexibility index (Phi) is 6.99. The molecule has 0 aromatic carbocycles. The first kappa shape index (κ1) is 16.6. The first-order valence-corrected chi connectivity index (χ1v) is 9.19. The molecule has 0 bridgehead atoms. The summed E-state index contributed by atoms with van der Waals surface area (Å²) < 4.78 is 27.3. The average molecular weight is 304 g/mol. The van der Waals surface area contributed by atoms with Gasteiger partial charge in [-0.15, -0.1) is 11.3 Å². The molecule has 0 saturated heterocycles. The maximum Gasteiger partial charge on any atom is 0.241 e. The lowest BCUT2D eigenvalue weighted by atomic mass is 10.1. The Balaban J connectivity index is 2.74. The zero-order chi connectivity index (χ0) is 14.3. The van der Waals surface area contributed by atoms with Gasteiger partial charge in [-0.2, -0.15) is 0 Å². The maximum absolute atomic E-state index is 12.3. The van der Waals surface area contributed by atoms with Gasteiger partial charge in [0, 0.05) is 22.8 Å². The van der Waals surface area contributed by atoms with E-state index < -0.39 is 10.0 Å². The van der Waals surface area contributed by atoms with Gasteiger partial charge in [0.2, 0.25) is 10.0 Å². The molecule has 6 heteroatoms. The molecule has 4 nitrogen and oxygen atoms in total. The predicted octanol–water partition coefficient (Wildman–Crippen LogP) is 2.84. The molecule has 0 amide bonds. The molecule has 0 aliphatic rings. The molecule has 0 spiro atoms. The zero-order valence-corrected chi connectivity index (χ0v) is 13.3. The van der Waals surface area contributed by atoms with Crippen molar-refractivity contribution < 1.29 is 8.42 Å². The van der Waals surface area contributed by atoms with E-state index in [-0.39, 0.29) is 6.04 Å². The van der Waals surface area contributed by atoms with E-state index in [4.69, 9.17) is 5.73 Å². The topological polar surface area (TPSA) is 72.2 Å². The Labute approximate surface area is 120 Å². The molecular weight excluding hydrogens is 280 g/mol. The quantitative estimate of drug-likeness (QED) is 0.737. The van der Waals surface area contributed by atoms with Crippen molar-refractivity contribution in [3.05, 3.63) is 16.3 Å². The molecule has 0 radical (unpaired) electrons. The molecule has 3 N–H and O–H groups in total. The van der Waals surface area contributed by atoms with Crippen molar-refractivity contribution >= 4 is 21.4 Å². The van der Waals surface area contributed by atoms with Crippen LogP contribution < -0.4 is 10.5 Å². The van der Waals surface area contributed by atoms with Crippen molar-refractivity contribution in [1.29, 1.82) is 0 Å². The van der Waals surface area contributed by atoms with Crippen LogP contribution in [0.15, 0.2) is 16.3 Å². The molecule has 0 saturated carbocycles. The van der Waals surface area contributed by atoms with Crippen molar-refractivity contribution in [3.63, 3.8) is 0 Å². The van der Waals surface area contributed by atoms with E-state index in [1.165, 1.54) is 11.3 Å². The summed E-state index contributed by atoms with van der Waals surface area (Å²) in [5, 5.41) is 1.66. The zero-order valence-electron chi connectivity index (χ0n) is 11.7. The normalized spacial score (nSPS) is 13.6. The largest absolute Gasteiger partial charge is 0.326 e. The summed E-state index contributed by atoms with van der Waals surface area (Å²) in [5.74, 6) is 0. The van der Waals surface area contributed by atoms with Crippen LogP contribution in [0.4, 0.5) is 0 Å². The van der Waals surface area contributed by atoms with E-state index in [0.29, 0.717) is 11.4 Å². The molecule has 0 fully saturated rings. The summed E-state index contributed by atoms with van der Waals surface area (Å²) in [7, 11) is -3.40. The van der Waals surface area contributed by atoms with Crippen LogP contribution in [0.1, 0.15) is 50.8 Å². The van der Waals surface area contributed by atoms with E-state index >= 15 is 0 Å². The highest BCUT2D eigenvalue weighted by Gasteiger charge is 2.20. The average Bonchev–Trinajstić information content (AvgIpc) is 2.85. The van der Waals surface area contributed by atoms with Gasteiger partial charge < -0.3 is 5.73 Å². The highest BCUT2D eigenvalue weighted by Crippen LogP contribution is 2.20. The maximum atomic E-state index is 12.3. The van der Waals surface area contributed by atoms with Gasteiger partial charge in [0.25, 0.3) is 0 Å².